The van der Waals surface area contributed by atoms with Crippen molar-refractivity contribution >= 4 is 0 Å². The molecule has 0 aliphatic rings. The van der Waals surface area contributed by atoms with Gasteiger partial charge in [0.2, 0.25) is 0 Å². The maximum Gasteiger partial charge on any atom is 0.303 e. The number of hydrogen-bond donors (Lipinski definition) is 1. The molecule has 0 fully saturated rings. The highest BCUT2D eigenvalue weighted by Gasteiger charge is 2.48. The Morgan fingerprint density at radius 1 is 1.36 bits per heavy atom. The Morgan fingerprint density at radius 2 is 1.93 bits per heavy atom. The number of aliphatic hydroxyl groups is 1. The van der Waals surface area contributed by atoms with Crippen molar-refractivity contribution in [2.75, 3.05) is 0 Å². The van der Waals surface area contributed by atoms with Crippen LogP contribution in [0.1, 0.15) is 19.4 Å². The highest BCUT2D eigenvalue weighted by atomic mass is 19.3. The van der Waals surface area contributed by atoms with Gasteiger partial charge in [-0.1, -0.05) is 12.1 Å². The second-order valence-electron chi connectivity index (χ2n) is 3.53. The third-order valence-corrected chi connectivity index (χ3v) is 1.91. The van der Waals surface area contributed by atoms with E-state index < -0.39 is 22.9 Å². The minimum atomic E-state index is -3.63. The average Bonchev–Trinajstić information content (AvgIpc) is 2.02. The minimum absolute atomic E-state index is 0.840. The van der Waals surface area contributed by atoms with Gasteiger partial charge < -0.3 is 5.11 Å². The lowest BCUT2D eigenvalue weighted by molar-refractivity contribution is -0.170. The van der Waals surface area contributed by atoms with Gasteiger partial charge in [0.05, 0.1) is 5.56 Å². The molecular formula is C10H10F3O. The highest BCUT2D eigenvalue weighted by Crippen LogP contribution is 2.39. The fourth-order valence-corrected chi connectivity index (χ4v) is 0.989. The molecule has 1 radical (unpaired) electrons. The molecule has 0 unspecified atom stereocenters. The first-order valence-corrected chi connectivity index (χ1v) is 4.03. The number of hydrogen-bond acceptors (Lipinski definition) is 1. The Kier molecular flexibility index (Phi) is 2.58. The topological polar surface area (TPSA) is 20.2 Å². The lowest BCUT2D eigenvalue weighted by atomic mass is 9.93. The molecule has 0 amide bonds. The van der Waals surface area contributed by atoms with Crippen molar-refractivity contribution in [2.24, 2.45) is 0 Å². The van der Waals surface area contributed by atoms with Gasteiger partial charge in [0, 0.05) is 6.07 Å². The molecule has 0 heterocycles. The fourth-order valence-electron chi connectivity index (χ4n) is 0.989. The first-order valence-electron chi connectivity index (χ1n) is 4.03. The van der Waals surface area contributed by atoms with Crippen LogP contribution in [-0.2, 0) is 5.92 Å². The molecule has 1 aromatic rings. The number of halogens is 3. The molecule has 0 saturated carbocycles. The van der Waals surface area contributed by atoms with Crippen molar-refractivity contribution in [3.05, 3.63) is 35.6 Å². The van der Waals surface area contributed by atoms with E-state index in [1.54, 1.807) is 0 Å². The Hall–Kier alpha value is -1.03. The molecular weight excluding hydrogens is 193 g/mol. The molecule has 0 aliphatic carbocycles. The van der Waals surface area contributed by atoms with E-state index in [2.05, 4.69) is 0 Å². The summed E-state index contributed by atoms with van der Waals surface area (Å²) in [5.74, 6) is -4.77. The zero-order valence-electron chi connectivity index (χ0n) is 7.81. The number of alkyl halides is 2. The van der Waals surface area contributed by atoms with Crippen LogP contribution in [0.3, 0.4) is 0 Å². The summed E-state index contributed by atoms with van der Waals surface area (Å²) in [6, 6.07) is 5.40. The van der Waals surface area contributed by atoms with E-state index in [4.69, 9.17) is 0 Å². The molecule has 1 nitrogen and oxygen atoms in total. The van der Waals surface area contributed by atoms with Crippen LogP contribution in [0.15, 0.2) is 18.2 Å². The number of rotatable bonds is 2. The summed E-state index contributed by atoms with van der Waals surface area (Å²) in [5, 5.41) is 9.19. The van der Waals surface area contributed by atoms with Gasteiger partial charge in [-0.05, 0) is 19.9 Å². The summed E-state index contributed by atoms with van der Waals surface area (Å²) in [7, 11) is 0. The summed E-state index contributed by atoms with van der Waals surface area (Å²) >= 11 is 0. The predicted molar refractivity (Wildman–Crippen MR) is 45.4 cm³/mol. The molecule has 0 bridgehead atoms. The van der Waals surface area contributed by atoms with Crippen LogP contribution < -0.4 is 0 Å². The molecule has 1 rings (SSSR count). The molecule has 4 heteroatoms. The van der Waals surface area contributed by atoms with Crippen LogP contribution in [0.5, 0.6) is 0 Å². The van der Waals surface area contributed by atoms with Crippen LogP contribution in [0.25, 0.3) is 0 Å². The molecule has 0 atom stereocenters. The zero-order valence-corrected chi connectivity index (χ0v) is 7.81. The van der Waals surface area contributed by atoms with Crippen LogP contribution in [-0.4, -0.2) is 10.7 Å². The van der Waals surface area contributed by atoms with Crippen LogP contribution in [0.4, 0.5) is 13.2 Å². The van der Waals surface area contributed by atoms with Gasteiger partial charge in [0.25, 0.3) is 0 Å². The van der Waals surface area contributed by atoms with E-state index >= 15 is 0 Å². The molecule has 14 heavy (non-hydrogen) atoms. The normalized spacial score (nSPS) is 13.0. The zero-order chi connectivity index (χ0) is 11.0. The highest BCUT2D eigenvalue weighted by molar-refractivity contribution is 5.24. The van der Waals surface area contributed by atoms with Crippen molar-refractivity contribution in [1.82, 2.24) is 0 Å². The van der Waals surface area contributed by atoms with Gasteiger partial charge in [-0.2, -0.15) is 8.78 Å². The fraction of sp³-hybridized carbons (Fsp3) is 0.400. The monoisotopic (exact) mass is 203 g/mol. The molecule has 0 aromatic heterocycles. The molecule has 0 saturated heterocycles. The number of benzene rings is 1. The van der Waals surface area contributed by atoms with Crippen molar-refractivity contribution < 1.29 is 18.3 Å². The van der Waals surface area contributed by atoms with Crippen LogP contribution in [0.2, 0.25) is 0 Å². The minimum Gasteiger partial charge on any atom is -0.384 e. The Morgan fingerprint density at radius 3 is 2.36 bits per heavy atom. The summed E-state index contributed by atoms with van der Waals surface area (Å²) < 4.78 is 39.8. The Bertz CT molecular complexity index is 328. The van der Waals surface area contributed by atoms with E-state index in [9.17, 15) is 18.3 Å². The maximum absolute atomic E-state index is 13.4. The predicted octanol–water partition coefficient (Wildman–Crippen LogP) is 2.49. The SMILES string of the molecule is CC(C)(O)C(F)(F)c1ccc[c]c1F. The summed E-state index contributed by atoms with van der Waals surface area (Å²) in [6.45, 7) is 1.86. The first-order chi connectivity index (χ1) is 6.27. The van der Waals surface area contributed by atoms with Gasteiger partial charge in [0.15, 0.2) is 0 Å². The standard InChI is InChI=1S/C10H10F3O/c1-9(2,14)10(12,13)7-5-3-4-6-8(7)11/h3-5,14H,1-2H3. The van der Waals surface area contributed by atoms with Crippen LogP contribution >= 0.6 is 0 Å². The Labute approximate surface area is 80.2 Å². The van der Waals surface area contributed by atoms with Crippen molar-refractivity contribution in [3.8, 4) is 0 Å². The lowest BCUT2D eigenvalue weighted by Gasteiger charge is -2.29. The third kappa shape index (κ3) is 1.75. The average molecular weight is 203 g/mol. The van der Waals surface area contributed by atoms with Gasteiger partial charge in [-0.15, -0.1) is 0 Å². The first kappa shape index (κ1) is 11.0. The van der Waals surface area contributed by atoms with Crippen molar-refractivity contribution in [1.29, 1.82) is 0 Å². The van der Waals surface area contributed by atoms with Gasteiger partial charge in [-0.25, -0.2) is 4.39 Å². The van der Waals surface area contributed by atoms with Crippen molar-refractivity contribution in [2.45, 2.75) is 25.4 Å². The van der Waals surface area contributed by atoms with Crippen LogP contribution in [0, 0.1) is 11.9 Å². The molecule has 0 spiro atoms. The van der Waals surface area contributed by atoms with Gasteiger partial charge in [-0.3, -0.25) is 0 Å². The second-order valence-corrected chi connectivity index (χ2v) is 3.53. The molecule has 1 aromatic carbocycles. The molecule has 77 valence electrons. The summed E-state index contributed by atoms with van der Waals surface area (Å²) in [5.41, 5.74) is -3.14. The molecule has 1 N–H and O–H groups in total. The van der Waals surface area contributed by atoms with E-state index in [1.165, 1.54) is 12.1 Å². The summed E-state index contributed by atoms with van der Waals surface area (Å²) in [6.07, 6.45) is 0. The van der Waals surface area contributed by atoms with E-state index in [-0.39, 0.29) is 0 Å². The second kappa shape index (κ2) is 3.28. The van der Waals surface area contributed by atoms with E-state index in [1.807, 2.05) is 6.07 Å². The quantitative estimate of drug-likeness (QED) is 0.782. The van der Waals surface area contributed by atoms with Gasteiger partial charge in [0.1, 0.15) is 11.4 Å². The third-order valence-electron chi connectivity index (χ3n) is 1.91. The lowest BCUT2D eigenvalue weighted by Crippen LogP contribution is -2.40. The molecule has 0 aliphatic heterocycles. The maximum atomic E-state index is 13.4. The van der Waals surface area contributed by atoms with E-state index in [0.717, 1.165) is 19.9 Å². The van der Waals surface area contributed by atoms with E-state index in [0.29, 0.717) is 0 Å². The van der Waals surface area contributed by atoms with Crippen molar-refractivity contribution in [3.63, 3.8) is 0 Å². The largest absolute Gasteiger partial charge is 0.384 e. The Balaban J connectivity index is 3.23. The summed E-state index contributed by atoms with van der Waals surface area (Å²) in [4.78, 5) is 0. The smallest absolute Gasteiger partial charge is 0.303 e. The van der Waals surface area contributed by atoms with Gasteiger partial charge >= 0.3 is 5.92 Å².